The van der Waals surface area contributed by atoms with Gasteiger partial charge in [0.1, 0.15) is 12.4 Å². The summed E-state index contributed by atoms with van der Waals surface area (Å²) in [5, 5.41) is 0. The Kier molecular flexibility index (Phi) is 5.98. The topological polar surface area (TPSA) is 15.7 Å². The van der Waals surface area contributed by atoms with Crippen LogP contribution in [0.25, 0.3) is 0 Å². The van der Waals surface area contributed by atoms with Gasteiger partial charge in [0.05, 0.1) is 0 Å². The van der Waals surface area contributed by atoms with Gasteiger partial charge in [0.15, 0.2) is 0 Å². The van der Waals surface area contributed by atoms with Crippen molar-refractivity contribution >= 4 is 0 Å². The van der Waals surface area contributed by atoms with Gasteiger partial charge in [0.2, 0.25) is 0 Å². The third-order valence-corrected chi connectivity index (χ3v) is 6.60. The van der Waals surface area contributed by atoms with Gasteiger partial charge in [-0.05, 0) is 66.1 Å². The Bertz CT molecular complexity index is 814. The molecule has 1 heterocycles. The molecule has 1 unspecified atom stereocenters. The number of aryl methyl sites for hydroxylation is 1. The van der Waals surface area contributed by atoms with Crippen LogP contribution < -0.4 is 4.74 Å². The van der Waals surface area contributed by atoms with Crippen molar-refractivity contribution in [3.8, 4) is 5.75 Å². The highest BCUT2D eigenvalue weighted by atomic mass is 16.5. The number of nitrogens with zero attached hydrogens (tertiary/aromatic N) is 2. The van der Waals surface area contributed by atoms with Crippen molar-refractivity contribution in [2.75, 3.05) is 33.2 Å². The summed E-state index contributed by atoms with van der Waals surface area (Å²) < 4.78 is 6.21. The molecule has 2 aromatic carbocycles. The van der Waals surface area contributed by atoms with Crippen LogP contribution in [0, 0.1) is 0 Å². The summed E-state index contributed by atoms with van der Waals surface area (Å²) in [6.45, 7) is 12.1. The lowest BCUT2D eigenvalue weighted by atomic mass is 9.86. The Balaban J connectivity index is 1.45. The van der Waals surface area contributed by atoms with Crippen LogP contribution in [-0.4, -0.2) is 43.0 Å². The Labute approximate surface area is 176 Å². The van der Waals surface area contributed by atoms with Crippen molar-refractivity contribution in [3.05, 3.63) is 64.7 Å². The second-order valence-corrected chi connectivity index (χ2v) is 9.84. The van der Waals surface area contributed by atoms with Gasteiger partial charge >= 0.3 is 0 Å². The molecule has 0 amide bonds. The molecule has 1 aliphatic heterocycles. The van der Waals surface area contributed by atoms with Gasteiger partial charge in [0.25, 0.3) is 0 Å². The lowest BCUT2D eigenvalue weighted by Gasteiger charge is -2.40. The number of hydrogen-bond donors (Lipinski definition) is 0. The lowest BCUT2D eigenvalue weighted by molar-refractivity contribution is 0.102. The zero-order valence-corrected chi connectivity index (χ0v) is 18.6. The molecule has 4 rings (SSSR count). The molecule has 0 aromatic heterocycles. The fourth-order valence-corrected chi connectivity index (χ4v) is 4.62. The highest BCUT2D eigenvalue weighted by molar-refractivity contribution is 5.39. The molecule has 2 aromatic rings. The molecule has 0 saturated carbocycles. The number of piperazine rings is 1. The van der Waals surface area contributed by atoms with Crippen LogP contribution in [0.15, 0.2) is 42.5 Å². The maximum absolute atomic E-state index is 6.21. The lowest BCUT2D eigenvalue weighted by Crippen LogP contribution is -2.46. The summed E-state index contributed by atoms with van der Waals surface area (Å²) in [5.41, 5.74) is 5.80. The minimum Gasteiger partial charge on any atom is -0.489 e. The van der Waals surface area contributed by atoms with E-state index in [-0.39, 0.29) is 5.41 Å². The predicted molar refractivity (Wildman–Crippen MR) is 121 cm³/mol. The number of rotatable bonds is 4. The largest absolute Gasteiger partial charge is 0.489 e. The molecule has 3 nitrogen and oxygen atoms in total. The average Bonchev–Trinajstić information content (AvgIpc) is 2.72. The zero-order chi connectivity index (χ0) is 20.4. The first-order chi connectivity index (χ1) is 13.9. The van der Waals surface area contributed by atoms with Gasteiger partial charge < -0.3 is 9.64 Å². The molecule has 29 heavy (non-hydrogen) atoms. The standard InChI is InChI=1S/C26H36N2O/c1-26(2,3)22-11-8-20(9-12-22)19-29-23-13-10-21-6-5-7-25(24(21)18-23)28-16-14-27(4)15-17-28/h8-13,18,25H,5-7,14-17,19H2,1-4H3. The number of benzene rings is 2. The Morgan fingerprint density at radius 1 is 0.966 bits per heavy atom. The molecular formula is C26H36N2O. The van der Waals surface area contributed by atoms with Crippen molar-refractivity contribution in [2.24, 2.45) is 0 Å². The molecule has 3 heteroatoms. The van der Waals surface area contributed by atoms with E-state index in [1.807, 2.05) is 0 Å². The normalized spacial score (nSPS) is 21.0. The second kappa shape index (κ2) is 8.49. The van der Waals surface area contributed by atoms with Crippen molar-refractivity contribution in [1.29, 1.82) is 0 Å². The summed E-state index contributed by atoms with van der Waals surface area (Å²) in [7, 11) is 2.23. The van der Waals surface area contributed by atoms with Crippen molar-refractivity contribution in [1.82, 2.24) is 9.80 Å². The van der Waals surface area contributed by atoms with E-state index in [1.54, 1.807) is 0 Å². The van der Waals surface area contributed by atoms with Gasteiger partial charge in [-0.3, -0.25) is 4.90 Å². The van der Waals surface area contributed by atoms with Crippen molar-refractivity contribution in [3.63, 3.8) is 0 Å². The van der Waals surface area contributed by atoms with Gasteiger partial charge in [-0.2, -0.15) is 0 Å². The van der Waals surface area contributed by atoms with Gasteiger partial charge in [-0.25, -0.2) is 0 Å². The molecule has 2 aliphatic rings. The number of ether oxygens (including phenoxy) is 1. The molecule has 0 spiro atoms. The van der Waals surface area contributed by atoms with E-state index in [0.717, 1.165) is 5.75 Å². The Hall–Kier alpha value is -1.84. The fraction of sp³-hybridized carbons (Fsp3) is 0.538. The van der Waals surface area contributed by atoms with Gasteiger partial charge in [-0.15, -0.1) is 0 Å². The fourth-order valence-electron chi connectivity index (χ4n) is 4.62. The summed E-state index contributed by atoms with van der Waals surface area (Å²) >= 11 is 0. The van der Waals surface area contributed by atoms with Crippen LogP contribution in [0.5, 0.6) is 5.75 Å². The van der Waals surface area contributed by atoms with Crippen LogP contribution in [0.2, 0.25) is 0 Å². The minimum atomic E-state index is 0.191. The quantitative estimate of drug-likeness (QED) is 0.712. The first kappa shape index (κ1) is 20.4. The van der Waals surface area contributed by atoms with Crippen molar-refractivity contribution in [2.45, 2.75) is 58.1 Å². The average molecular weight is 393 g/mol. The van der Waals surface area contributed by atoms with E-state index in [0.29, 0.717) is 12.6 Å². The second-order valence-electron chi connectivity index (χ2n) is 9.84. The molecule has 0 radical (unpaired) electrons. The summed E-state index contributed by atoms with van der Waals surface area (Å²) in [6.07, 6.45) is 3.77. The monoisotopic (exact) mass is 392 g/mol. The first-order valence-corrected chi connectivity index (χ1v) is 11.2. The summed E-state index contributed by atoms with van der Waals surface area (Å²) in [5.74, 6) is 1.00. The maximum atomic E-state index is 6.21. The molecule has 1 atom stereocenters. The van der Waals surface area contributed by atoms with Crippen LogP contribution >= 0.6 is 0 Å². The summed E-state index contributed by atoms with van der Waals surface area (Å²) in [6, 6.07) is 16.2. The van der Waals surface area contributed by atoms with Crippen LogP contribution in [0.4, 0.5) is 0 Å². The highest BCUT2D eigenvalue weighted by Gasteiger charge is 2.28. The predicted octanol–water partition coefficient (Wildman–Crippen LogP) is 5.19. The Morgan fingerprint density at radius 2 is 1.69 bits per heavy atom. The minimum absolute atomic E-state index is 0.191. The van der Waals surface area contributed by atoms with E-state index in [2.05, 4.69) is 80.1 Å². The van der Waals surface area contributed by atoms with Crippen LogP contribution in [0.1, 0.15) is 61.9 Å². The SMILES string of the molecule is CN1CCN(C2CCCc3ccc(OCc4ccc(C(C)(C)C)cc4)cc32)CC1. The molecule has 1 fully saturated rings. The first-order valence-electron chi connectivity index (χ1n) is 11.2. The molecular weight excluding hydrogens is 356 g/mol. The third kappa shape index (κ3) is 4.84. The molecule has 156 valence electrons. The van der Waals surface area contributed by atoms with Gasteiger partial charge in [0, 0.05) is 32.2 Å². The smallest absolute Gasteiger partial charge is 0.120 e. The zero-order valence-electron chi connectivity index (χ0n) is 18.6. The van der Waals surface area contributed by atoms with E-state index >= 15 is 0 Å². The Morgan fingerprint density at radius 3 is 2.38 bits per heavy atom. The number of likely N-dealkylation sites (N-methyl/N-ethyl adjacent to an activating group) is 1. The maximum Gasteiger partial charge on any atom is 0.120 e. The van der Waals surface area contributed by atoms with Crippen LogP contribution in [-0.2, 0) is 18.4 Å². The van der Waals surface area contributed by atoms with E-state index < -0.39 is 0 Å². The summed E-state index contributed by atoms with van der Waals surface area (Å²) in [4.78, 5) is 5.12. The molecule has 0 bridgehead atoms. The molecule has 0 N–H and O–H groups in total. The highest BCUT2D eigenvalue weighted by Crippen LogP contribution is 2.37. The third-order valence-electron chi connectivity index (χ3n) is 6.60. The van der Waals surface area contributed by atoms with E-state index in [4.69, 9.17) is 4.74 Å². The van der Waals surface area contributed by atoms with Crippen molar-refractivity contribution < 1.29 is 4.74 Å². The van der Waals surface area contributed by atoms with E-state index in [1.165, 1.54) is 67.7 Å². The van der Waals surface area contributed by atoms with E-state index in [9.17, 15) is 0 Å². The van der Waals surface area contributed by atoms with Gasteiger partial charge in [-0.1, -0.05) is 51.1 Å². The number of fused-ring (bicyclic) bond motifs is 1. The molecule has 1 saturated heterocycles. The molecule has 1 aliphatic carbocycles. The number of hydrogen-bond acceptors (Lipinski definition) is 3. The van der Waals surface area contributed by atoms with Crippen LogP contribution in [0.3, 0.4) is 0 Å².